The summed E-state index contributed by atoms with van der Waals surface area (Å²) >= 11 is 0. The molecule has 1 atom stereocenters. The lowest BCUT2D eigenvalue weighted by Gasteiger charge is -2.38. The van der Waals surface area contributed by atoms with Crippen LogP contribution in [0.25, 0.3) is 0 Å². The van der Waals surface area contributed by atoms with Gasteiger partial charge in [-0.05, 0) is 44.4 Å². The first-order chi connectivity index (χ1) is 12.8. The molecule has 3 aliphatic rings. The second-order valence-electron chi connectivity index (χ2n) is 9.03. The number of aromatic amines is 1. The summed E-state index contributed by atoms with van der Waals surface area (Å²) in [4.78, 5) is 24.5. The number of H-pyrrole nitrogens is 1. The zero-order valence-corrected chi connectivity index (χ0v) is 16.5. The number of nitrogens with one attached hydrogen (secondary N) is 1. The Bertz CT molecular complexity index is 785. The number of anilines is 1. The quantitative estimate of drug-likeness (QED) is 0.829. The zero-order chi connectivity index (χ0) is 19.4. The number of hydrogen-bond acceptors (Lipinski definition) is 4. The van der Waals surface area contributed by atoms with Crippen LogP contribution in [0, 0.1) is 22.7 Å². The van der Waals surface area contributed by atoms with E-state index in [9.17, 15) is 15.2 Å². The van der Waals surface area contributed by atoms with Gasteiger partial charge in [0.05, 0.1) is 11.5 Å². The van der Waals surface area contributed by atoms with E-state index in [1.807, 2.05) is 6.92 Å². The number of nitriles is 1. The minimum atomic E-state index is -0.989. The third-order valence-corrected chi connectivity index (χ3v) is 6.59. The molecule has 7 heteroatoms. The fourth-order valence-corrected chi connectivity index (χ4v) is 5.19. The summed E-state index contributed by atoms with van der Waals surface area (Å²) in [5, 5.41) is 20.4. The van der Waals surface area contributed by atoms with Gasteiger partial charge in [0.1, 0.15) is 11.5 Å². The Morgan fingerprint density at radius 2 is 2.07 bits per heavy atom. The number of carbonyl (C=O) groups excluding carboxylic acids is 1. The van der Waals surface area contributed by atoms with Crippen molar-refractivity contribution < 1.29 is 9.90 Å². The first-order valence-corrected chi connectivity index (χ1v) is 10.1. The highest BCUT2D eigenvalue weighted by molar-refractivity contribution is 5.94. The van der Waals surface area contributed by atoms with E-state index < -0.39 is 6.23 Å². The van der Waals surface area contributed by atoms with E-state index in [1.165, 1.54) is 4.90 Å². The lowest BCUT2D eigenvalue weighted by Crippen LogP contribution is -2.51. The van der Waals surface area contributed by atoms with E-state index in [0.717, 1.165) is 44.3 Å². The molecule has 2 bridgehead atoms. The lowest BCUT2D eigenvalue weighted by atomic mass is 9.82. The Morgan fingerprint density at radius 1 is 1.37 bits per heavy atom. The monoisotopic (exact) mass is 371 g/mol. The fourth-order valence-electron chi connectivity index (χ4n) is 5.19. The highest BCUT2D eigenvalue weighted by Crippen LogP contribution is 2.61. The van der Waals surface area contributed by atoms with Gasteiger partial charge in [0, 0.05) is 18.5 Å². The van der Waals surface area contributed by atoms with Gasteiger partial charge in [-0.15, -0.1) is 0 Å². The molecule has 0 aromatic carbocycles. The molecular formula is C20H29N5O2. The molecular weight excluding hydrogens is 342 g/mol. The molecule has 1 unspecified atom stereocenters. The predicted molar refractivity (Wildman–Crippen MR) is 101 cm³/mol. The van der Waals surface area contributed by atoms with Gasteiger partial charge in [0.15, 0.2) is 12.0 Å². The number of aliphatic hydroxyl groups is 1. The summed E-state index contributed by atoms with van der Waals surface area (Å²) in [7, 11) is 0. The molecule has 0 radical (unpaired) electrons. The number of rotatable bonds is 5. The maximum absolute atomic E-state index is 13.0. The number of aromatic nitrogens is 2. The average Bonchev–Trinajstić information content (AvgIpc) is 3.34. The van der Waals surface area contributed by atoms with Crippen LogP contribution >= 0.6 is 0 Å². The first kappa shape index (κ1) is 18.3. The van der Waals surface area contributed by atoms with Crippen LogP contribution in [0.15, 0.2) is 0 Å². The molecule has 2 fully saturated rings. The Hall–Kier alpha value is -2.07. The molecule has 2 heterocycles. The standard InChI is InChI=1S/C20H29N5O2/c1-4-9-24-16(26)14-15(25(18(24)27)10-13(2)3)23-17(22-14)20-7-5-19(11-20,12-21)6-8-20/h13,16,26H,4-11H2,1-3H3,(H,22,23). The van der Waals surface area contributed by atoms with Gasteiger partial charge in [0.25, 0.3) is 0 Å². The lowest BCUT2D eigenvalue weighted by molar-refractivity contribution is 0.0240. The topological polar surface area (TPSA) is 96.3 Å². The van der Waals surface area contributed by atoms with Crippen molar-refractivity contribution in [3.63, 3.8) is 0 Å². The number of imidazole rings is 1. The SMILES string of the molecule is CCCN1C(=O)N(CC(C)C)c2nc(C34CCC(C#N)(CC3)C4)[nH]c2C1O. The summed E-state index contributed by atoms with van der Waals surface area (Å²) in [5.74, 6) is 1.71. The number of nitrogens with zero attached hydrogens (tertiary/aromatic N) is 4. The molecule has 0 saturated heterocycles. The second kappa shape index (κ2) is 6.23. The maximum atomic E-state index is 13.0. The van der Waals surface area contributed by atoms with E-state index in [4.69, 9.17) is 4.98 Å². The number of urea groups is 1. The third-order valence-electron chi connectivity index (χ3n) is 6.59. The molecule has 0 spiro atoms. The van der Waals surface area contributed by atoms with E-state index in [1.54, 1.807) is 4.90 Å². The largest absolute Gasteiger partial charge is 0.368 e. The van der Waals surface area contributed by atoms with Crippen molar-refractivity contribution in [2.45, 2.75) is 70.9 Å². The second-order valence-corrected chi connectivity index (χ2v) is 9.03. The van der Waals surface area contributed by atoms with Crippen molar-refractivity contribution in [2.75, 3.05) is 18.0 Å². The molecule has 1 aliphatic heterocycles. The minimum absolute atomic E-state index is 0.116. The normalized spacial score (nSPS) is 32.3. The summed E-state index contributed by atoms with van der Waals surface area (Å²) in [6.07, 6.45) is 4.33. The van der Waals surface area contributed by atoms with Crippen molar-refractivity contribution in [3.05, 3.63) is 11.5 Å². The van der Waals surface area contributed by atoms with Crippen LogP contribution in [-0.4, -0.2) is 39.1 Å². The zero-order valence-electron chi connectivity index (χ0n) is 16.5. The van der Waals surface area contributed by atoms with E-state index in [0.29, 0.717) is 30.5 Å². The Balaban J connectivity index is 1.74. The van der Waals surface area contributed by atoms with E-state index in [2.05, 4.69) is 24.9 Å². The van der Waals surface area contributed by atoms with Gasteiger partial charge in [-0.25, -0.2) is 9.78 Å². The first-order valence-electron chi connectivity index (χ1n) is 10.1. The van der Waals surface area contributed by atoms with Crippen molar-refractivity contribution in [3.8, 4) is 6.07 Å². The fraction of sp³-hybridized carbons (Fsp3) is 0.750. The number of aliphatic hydroxyl groups excluding tert-OH is 1. The van der Waals surface area contributed by atoms with Crippen LogP contribution in [0.4, 0.5) is 10.6 Å². The van der Waals surface area contributed by atoms with Crippen LogP contribution in [0.1, 0.15) is 77.0 Å². The Kier molecular flexibility index (Phi) is 4.22. The van der Waals surface area contributed by atoms with E-state index >= 15 is 0 Å². The number of fused-ring (bicyclic) bond motifs is 3. The Labute approximate surface area is 160 Å². The van der Waals surface area contributed by atoms with Gasteiger partial charge < -0.3 is 10.1 Å². The number of hydrogen-bond donors (Lipinski definition) is 2. The van der Waals surface area contributed by atoms with Crippen LogP contribution in [-0.2, 0) is 5.41 Å². The molecule has 1 aromatic rings. The van der Waals surface area contributed by atoms with Crippen LogP contribution < -0.4 is 4.90 Å². The molecule has 2 saturated carbocycles. The van der Waals surface area contributed by atoms with Crippen LogP contribution in [0.2, 0.25) is 0 Å². The average molecular weight is 371 g/mol. The van der Waals surface area contributed by atoms with Crippen molar-refractivity contribution in [1.82, 2.24) is 14.9 Å². The minimum Gasteiger partial charge on any atom is -0.368 e. The smallest absolute Gasteiger partial charge is 0.328 e. The van der Waals surface area contributed by atoms with Gasteiger partial charge in [0.2, 0.25) is 0 Å². The molecule has 4 rings (SSSR count). The van der Waals surface area contributed by atoms with Gasteiger partial charge >= 0.3 is 6.03 Å². The molecule has 2 amide bonds. The van der Waals surface area contributed by atoms with Gasteiger partial charge in [-0.2, -0.15) is 5.26 Å². The van der Waals surface area contributed by atoms with Gasteiger partial charge in [-0.3, -0.25) is 9.80 Å². The van der Waals surface area contributed by atoms with E-state index in [-0.39, 0.29) is 16.9 Å². The molecule has 27 heavy (non-hydrogen) atoms. The van der Waals surface area contributed by atoms with Crippen molar-refractivity contribution in [1.29, 1.82) is 5.26 Å². The predicted octanol–water partition coefficient (Wildman–Crippen LogP) is 3.43. The van der Waals surface area contributed by atoms with Crippen LogP contribution in [0.3, 0.4) is 0 Å². The van der Waals surface area contributed by atoms with Gasteiger partial charge in [-0.1, -0.05) is 20.8 Å². The van der Waals surface area contributed by atoms with Crippen molar-refractivity contribution in [2.24, 2.45) is 11.3 Å². The molecule has 2 aliphatic carbocycles. The number of amides is 2. The molecule has 7 nitrogen and oxygen atoms in total. The molecule has 146 valence electrons. The highest BCUT2D eigenvalue weighted by atomic mass is 16.3. The Morgan fingerprint density at radius 3 is 2.63 bits per heavy atom. The summed E-state index contributed by atoms with van der Waals surface area (Å²) < 4.78 is 0. The van der Waals surface area contributed by atoms with Crippen LogP contribution in [0.5, 0.6) is 0 Å². The summed E-state index contributed by atoms with van der Waals surface area (Å²) in [6.45, 7) is 7.22. The number of carbonyl (C=O) groups is 1. The summed E-state index contributed by atoms with van der Waals surface area (Å²) in [5.41, 5.74) is 0.289. The maximum Gasteiger partial charge on any atom is 0.328 e. The summed E-state index contributed by atoms with van der Waals surface area (Å²) in [6, 6.07) is 2.36. The van der Waals surface area contributed by atoms with Crippen molar-refractivity contribution >= 4 is 11.8 Å². The molecule has 1 aromatic heterocycles. The highest BCUT2D eigenvalue weighted by Gasteiger charge is 2.57. The molecule has 2 N–H and O–H groups in total. The third kappa shape index (κ3) is 2.65.